The molecule has 2 rings (SSSR count). The highest BCUT2D eigenvalue weighted by Crippen LogP contribution is 2.25. The molecule has 0 spiro atoms. The molecule has 0 bridgehead atoms. The predicted molar refractivity (Wildman–Crippen MR) is 96.4 cm³/mol. The Hall–Kier alpha value is -3.82. The average molecular weight is 374 g/mol. The highest BCUT2D eigenvalue weighted by molar-refractivity contribution is 5.85. The molecular formula is C17H18N4O6. The molecule has 3 N–H and O–H groups in total. The minimum absolute atomic E-state index is 0.0369. The lowest BCUT2D eigenvalue weighted by Gasteiger charge is -2.10. The normalized spacial score (nSPS) is 9.81. The topological polar surface area (TPSA) is 132 Å². The van der Waals surface area contributed by atoms with Gasteiger partial charge in [0.25, 0.3) is 11.8 Å². The van der Waals surface area contributed by atoms with Crippen LogP contribution in [0.1, 0.15) is 0 Å². The SMILES string of the molecule is COc1ccc(NCC(=O)NNC(=O)COc2ccccc2[N+](=O)[O-])cc1. The summed E-state index contributed by atoms with van der Waals surface area (Å²) in [7, 11) is 1.55. The summed E-state index contributed by atoms with van der Waals surface area (Å²) in [5, 5.41) is 13.7. The number of amides is 2. The van der Waals surface area contributed by atoms with E-state index in [2.05, 4.69) is 16.2 Å². The number of carbonyl (C=O) groups excluding carboxylic acids is 2. The lowest BCUT2D eigenvalue weighted by Crippen LogP contribution is -2.45. The molecule has 0 saturated heterocycles. The summed E-state index contributed by atoms with van der Waals surface area (Å²) in [6.07, 6.45) is 0. The molecule has 0 aliphatic carbocycles. The minimum Gasteiger partial charge on any atom is -0.497 e. The van der Waals surface area contributed by atoms with Gasteiger partial charge in [-0.05, 0) is 30.3 Å². The Morgan fingerprint density at radius 2 is 1.70 bits per heavy atom. The molecule has 0 radical (unpaired) electrons. The van der Waals surface area contributed by atoms with Gasteiger partial charge in [0.05, 0.1) is 18.6 Å². The third kappa shape index (κ3) is 6.20. The first-order valence-electron chi connectivity index (χ1n) is 7.81. The van der Waals surface area contributed by atoms with E-state index in [0.717, 1.165) is 0 Å². The Morgan fingerprint density at radius 1 is 1.04 bits per heavy atom. The fourth-order valence-electron chi connectivity index (χ4n) is 1.98. The van der Waals surface area contributed by atoms with E-state index in [-0.39, 0.29) is 18.0 Å². The first-order valence-corrected chi connectivity index (χ1v) is 7.81. The van der Waals surface area contributed by atoms with Crippen molar-refractivity contribution in [2.24, 2.45) is 0 Å². The summed E-state index contributed by atoms with van der Waals surface area (Å²) < 4.78 is 10.1. The van der Waals surface area contributed by atoms with Crippen LogP contribution in [0.25, 0.3) is 0 Å². The maximum Gasteiger partial charge on any atom is 0.310 e. The van der Waals surface area contributed by atoms with Crippen LogP contribution in [-0.4, -0.2) is 37.0 Å². The number of hydrazine groups is 1. The second-order valence-electron chi connectivity index (χ2n) is 5.19. The molecule has 10 heteroatoms. The van der Waals surface area contributed by atoms with Crippen molar-refractivity contribution in [1.82, 2.24) is 10.9 Å². The molecule has 10 nitrogen and oxygen atoms in total. The number of rotatable bonds is 8. The molecule has 2 aromatic rings. The zero-order valence-corrected chi connectivity index (χ0v) is 14.4. The number of benzene rings is 2. The maximum atomic E-state index is 11.7. The van der Waals surface area contributed by atoms with Crippen LogP contribution >= 0.6 is 0 Å². The number of carbonyl (C=O) groups is 2. The summed E-state index contributed by atoms with van der Waals surface area (Å²) in [5.74, 6) is -0.489. The number of nitro groups is 1. The van der Waals surface area contributed by atoms with Crippen molar-refractivity contribution in [2.45, 2.75) is 0 Å². The van der Waals surface area contributed by atoms with Crippen LogP contribution in [0.15, 0.2) is 48.5 Å². The molecule has 0 atom stereocenters. The number of anilines is 1. The highest BCUT2D eigenvalue weighted by atomic mass is 16.6. The minimum atomic E-state index is -0.661. The quantitative estimate of drug-likeness (QED) is 0.468. The van der Waals surface area contributed by atoms with Crippen molar-refractivity contribution in [3.05, 3.63) is 58.6 Å². The van der Waals surface area contributed by atoms with Crippen molar-refractivity contribution in [3.8, 4) is 11.5 Å². The third-order valence-corrected chi connectivity index (χ3v) is 3.31. The number of hydrogen-bond acceptors (Lipinski definition) is 7. The Morgan fingerprint density at radius 3 is 2.37 bits per heavy atom. The van der Waals surface area contributed by atoms with E-state index < -0.39 is 23.3 Å². The average Bonchev–Trinajstić information content (AvgIpc) is 2.69. The molecule has 2 aromatic carbocycles. The van der Waals surface area contributed by atoms with Gasteiger partial charge >= 0.3 is 5.69 Å². The van der Waals surface area contributed by atoms with E-state index in [4.69, 9.17) is 9.47 Å². The van der Waals surface area contributed by atoms with E-state index in [9.17, 15) is 19.7 Å². The summed E-state index contributed by atoms with van der Waals surface area (Å²) >= 11 is 0. The van der Waals surface area contributed by atoms with Gasteiger partial charge in [0.1, 0.15) is 5.75 Å². The number of nitrogens with zero attached hydrogens (tertiary/aromatic N) is 1. The van der Waals surface area contributed by atoms with Gasteiger partial charge in [0.15, 0.2) is 12.4 Å². The van der Waals surface area contributed by atoms with Crippen LogP contribution < -0.4 is 25.6 Å². The zero-order valence-electron chi connectivity index (χ0n) is 14.4. The first kappa shape index (κ1) is 19.5. The van der Waals surface area contributed by atoms with E-state index in [1.165, 1.54) is 18.2 Å². The molecule has 2 amide bonds. The highest BCUT2D eigenvalue weighted by Gasteiger charge is 2.15. The number of para-hydroxylation sites is 2. The van der Waals surface area contributed by atoms with Crippen molar-refractivity contribution < 1.29 is 24.0 Å². The fraction of sp³-hybridized carbons (Fsp3) is 0.176. The predicted octanol–water partition coefficient (Wildman–Crippen LogP) is 1.24. The van der Waals surface area contributed by atoms with Crippen LogP contribution in [0.3, 0.4) is 0 Å². The van der Waals surface area contributed by atoms with Crippen LogP contribution in [0.5, 0.6) is 11.5 Å². The lowest BCUT2D eigenvalue weighted by atomic mass is 10.3. The summed E-state index contributed by atoms with van der Waals surface area (Å²) in [5.41, 5.74) is 4.83. The summed E-state index contributed by atoms with van der Waals surface area (Å²) in [4.78, 5) is 33.7. The van der Waals surface area contributed by atoms with E-state index in [1.807, 2.05) is 0 Å². The standard InChI is InChI=1S/C17H18N4O6/c1-26-13-8-6-12(7-9-13)18-10-16(22)19-20-17(23)11-27-15-5-3-2-4-14(15)21(24)25/h2-9,18H,10-11H2,1H3,(H,19,22)(H,20,23). The largest absolute Gasteiger partial charge is 0.497 e. The van der Waals surface area contributed by atoms with Crippen LogP contribution in [0, 0.1) is 10.1 Å². The molecule has 0 heterocycles. The van der Waals surface area contributed by atoms with Crippen molar-refractivity contribution >= 4 is 23.2 Å². The molecular weight excluding hydrogens is 356 g/mol. The number of methoxy groups -OCH3 is 1. The third-order valence-electron chi connectivity index (χ3n) is 3.31. The molecule has 0 aliphatic rings. The second-order valence-corrected chi connectivity index (χ2v) is 5.19. The van der Waals surface area contributed by atoms with Gasteiger partial charge < -0.3 is 14.8 Å². The van der Waals surface area contributed by atoms with Crippen molar-refractivity contribution in [1.29, 1.82) is 0 Å². The number of hydrogen-bond donors (Lipinski definition) is 3. The number of nitrogens with one attached hydrogen (secondary N) is 3. The van der Waals surface area contributed by atoms with Gasteiger partial charge in [-0.2, -0.15) is 0 Å². The van der Waals surface area contributed by atoms with E-state index in [1.54, 1.807) is 37.4 Å². The molecule has 0 aromatic heterocycles. The Bertz CT molecular complexity index is 809. The number of ether oxygens (including phenoxy) is 2. The van der Waals surface area contributed by atoms with E-state index >= 15 is 0 Å². The van der Waals surface area contributed by atoms with Gasteiger partial charge in [-0.25, -0.2) is 0 Å². The lowest BCUT2D eigenvalue weighted by molar-refractivity contribution is -0.385. The molecule has 0 aliphatic heterocycles. The maximum absolute atomic E-state index is 11.7. The Kier molecular flexibility index (Phi) is 6.94. The van der Waals surface area contributed by atoms with Gasteiger partial charge in [0.2, 0.25) is 0 Å². The van der Waals surface area contributed by atoms with Crippen LogP contribution in [0.2, 0.25) is 0 Å². The van der Waals surface area contributed by atoms with Crippen LogP contribution in [-0.2, 0) is 9.59 Å². The molecule has 0 saturated carbocycles. The summed E-state index contributed by atoms with van der Waals surface area (Å²) in [6, 6.07) is 12.6. The van der Waals surface area contributed by atoms with Gasteiger partial charge in [-0.3, -0.25) is 30.6 Å². The molecule has 0 unspecified atom stereocenters. The Labute approximate surface area is 154 Å². The van der Waals surface area contributed by atoms with E-state index in [0.29, 0.717) is 11.4 Å². The second kappa shape index (κ2) is 9.61. The van der Waals surface area contributed by atoms with Gasteiger partial charge in [-0.15, -0.1) is 0 Å². The first-order chi connectivity index (χ1) is 13.0. The monoisotopic (exact) mass is 374 g/mol. The number of nitro benzene ring substituents is 1. The van der Waals surface area contributed by atoms with Gasteiger partial charge in [-0.1, -0.05) is 12.1 Å². The fourth-order valence-corrected chi connectivity index (χ4v) is 1.98. The zero-order chi connectivity index (χ0) is 19.6. The van der Waals surface area contributed by atoms with Crippen LogP contribution in [0.4, 0.5) is 11.4 Å². The summed E-state index contributed by atoms with van der Waals surface area (Å²) in [6.45, 7) is -0.561. The molecule has 27 heavy (non-hydrogen) atoms. The molecule has 142 valence electrons. The van der Waals surface area contributed by atoms with Crippen molar-refractivity contribution in [3.63, 3.8) is 0 Å². The van der Waals surface area contributed by atoms with Gasteiger partial charge in [0, 0.05) is 11.8 Å². The van der Waals surface area contributed by atoms with Crippen molar-refractivity contribution in [2.75, 3.05) is 25.6 Å². The molecule has 0 fully saturated rings. The smallest absolute Gasteiger partial charge is 0.310 e. The Balaban J connectivity index is 1.71.